The molecule has 1 saturated carbocycles. The zero-order chi connectivity index (χ0) is 15.6. The van der Waals surface area contributed by atoms with Crippen LogP contribution in [0.1, 0.15) is 24.8 Å². The Bertz CT molecular complexity index is 645. The first-order chi connectivity index (χ1) is 10.4. The van der Waals surface area contributed by atoms with E-state index in [1.807, 2.05) is 0 Å². The number of hydrogen-bond donors (Lipinski definition) is 0. The Morgan fingerprint density at radius 1 is 1.14 bits per heavy atom. The summed E-state index contributed by atoms with van der Waals surface area (Å²) in [6.45, 7) is 0. The molecule has 0 N–H and O–H groups in total. The minimum absolute atomic E-state index is 0.00127. The third-order valence-corrected chi connectivity index (χ3v) is 4.90. The highest BCUT2D eigenvalue weighted by Gasteiger charge is 2.59. The van der Waals surface area contributed by atoms with Crippen LogP contribution in [0.15, 0.2) is 24.3 Å². The lowest BCUT2D eigenvalue weighted by Gasteiger charge is -2.25. The molecular weight excluding hydrogens is 297 g/mol. The number of alkyl halides is 3. The molecule has 3 atom stereocenters. The van der Waals surface area contributed by atoms with Crippen molar-refractivity contribution in [3.63, 3.8) is 0 Å². The highest BCUT2D eigenvalue weighted by molar-refractivity contribution is 6.22. The number of rotatable bonds is 1. The zero-order valence-electron chi connectivity index (χ0n) is 11.5. The van der Waals surface area contributed by atoms with Gasteiger partial charge in [0, 0.05) is 6.04 Å². The molecule has 116 valence electrons. The van der Waals surface area contributed by atoms with Crippen molar-refractivity contribution in [3.05, 3.63) is 29.8 Å². The molecular formula is C15H13F3N2O2. The standard InChI is InChI=1S/C15H13F3N2O2/c16-15(17,18)9-2-1-3-10(7-9)20-13(21)12-8-4-5-11(6-8)19(12)14(20)22/h1-3,7-8,11-12H,4-6H2/t8?,11?,12-/m0/s1. The summed E-state index contributed by atoms with van der Waals surface area (Å²) in [5, 5.41) is 0. The summed E-state index contributed by atoms with van der Waals surface area (Å²) in [4.78, 5) is 27.5. The summed E-state index contributed by atoms with van der Waals surface area (Å²) in [7, 11) is 0. The van der Waals surface area contributed by atoms with Gasteiger partial charge >= 0.3 is 12.2 Å². The van der Waals surface area contributed by atoms with E-state index in [1.54, 1.807) is 4.90 Å². The molecule has 3 aliphatic rings. The number of anilines is 1. The number of nitrogens with zero attached hydrogens (tertiary/aromatic N) is 2. The summed E-state index contributed by atoms with van der Waals surface area (Å²) < 4.78 is 38.4. The van der Waals surface area contributed by atoms with Crippen molar-refractivity contribution in [2.24, 2.45) is 5.92 Å². The normalized spacial score (nSPS) is 30.4. The van der Waals surface area contributed by atoms with E-state index in [-0.39, 0.29) is 17.6 Å². The van der Waals surface area contributed by atoms with Crippen molar-refractivity contribution in [1.29, 1.82) is 0 Å². The maximum atomic E-state index is 12.8. The summed E-state index contributed by atoms with van der Waals surface area (Å²) in [6.07, 6.45) is -1.90. The zero-order valence-corrected chi connectivity index (χ0v) is 11.5. The van der Waals surface area contributed by atoms with E-state index in [1.165, 1.54) is 12.1 Å². The molecule has 3 fully saturated rings. The Balaban J connectivity index is 1.72. The van der Waals surface area contributed by atoms with Crippen LogP contribution in [0.2, 0.25) is 0 Å². The Labute approximate surface area is 124 Å². The number of benzene rings is 1. The average molecular weight is 310 g/mol. The van der Waals surface area contributed by atoms with Gasteiger partial charge in [-0.25, -0.2) is 9.69 Å². The molecule has 1 aliphatic carbocycles. The van der Waals surface area contributed by atoms with Gasteiger partial charge < -0.3 is 4.90 Å². The minimum atomic E-state index is -4.50. The molecule has 2 saturated heterocycles. The SMILES string of the molecule is O=C1[C@@H]2C3CCC(C3)N2C(=O)N1c1cccc(C(F)(F)F)c1. The molecule has 7 heteroatoms. The first-order valence-electron chi connectivity index (χ1n) is 7.21. The molecule has 2 aliphatic heterocycles. The van der Waals surface area contributed by atoms with E-state index < -0.39 is 29.7 Å². The topological polar surface area (TPSA) is 40.6 Å². The first kappa shape index (κ1) is 13.6. The van der Waals surface area contributed by atoms with Crippen LogP contribution in [0.5, 0.6) is 0 Å². The van der Waals surface area contributed by atoms with Gasteiger partial charge in [-0.05, 0) is 43.4 Å². The minimum Gasteiger partial charge on any atom is -0.309 e. The third-order valence-electron chi connectivity index (χ3n) is 4.90. The second-order valence-corrected chi connectivity index (χ2v) is 6.08. The molecule has 2 bridgehead atoms. The fraction of sp³-hybridized carbons (Fsp3) is 0.467. The molecule has 0 spiro atoms. The summed E-state index contributed by atoms with van der Waals surface area (Å²) in [5.41, 5.74) is -0.862. The van der Waals surface area contributed by atoms with Crippen molar-refractivity contribution >= 4 is 17.6 Å². The fourth-order valence-electron chi connectivity index (χ4n) is 3.98. The van der Waals surface area contributed by atoms with Crippen LogP contribution in [0.25, 0.3) is 0 Å². The van der Waals surface area contributed by atoms with Gasteiger partial charge in [0.2, 0.25) is 0 Å². The number of fused-ring (bicyclic) bond motifs is 5. The van der Waals surface area contributed by atoms with Gasteiger partial charge in [0.1, 0.15) is 6.04 Å². The highest BCUT2D eigenvalue weighted by atomic mass is 19.4. The van der Waals surface area contributed by atoms with Gasteiger partial charge in [-0.3, -0.25) is 4.79 Å². The van der Waals surface area contributed by atoms with E-state index in [9.17, 15) is 22.8 Å². The Morgan fingerprint density at radius 2 is 1.91 bits per heavy atom. The predicted molar refractivity (Wildman–Crippen MR) is 71.1 cm³/mol. The average Bonchev–Trinajstić information content (AvgIpc) is 3.12. The monoisotopic (exact) mass is 310 g/mol. The first-order valence-corrected chi connectivity index (χ1v) is 7.21. The number of amides is 3. The van der Waals surface area contributed by atoms with Crippen LogP contribution in [-0.2, 0) is 11.0 Å². The second kappa shape index (κ2) is 4.24. The van der Waals surface area contributed by atoms with Crippen molar-refractivity contribution in [2.75, 3.05) is 4.90 Å². The van der Waals surface area contributed by atoms with Crippen LogP contribution >= 0.6 is 0 Å². The van der Waals surface area contributed by atoms with Crippen LogP contribution in [0.3, 0.4) is 0 Å². The number of carbonyl (C=O) groups excluding carboxylic acids is 2. The van der Waals surface area contributed by atoms with E-state index >= 15 is 0 Å². The van der Waals surface area contributed by atoms with Crippen molar-refractivity contribution in [2.45, 2.75) is 37.5 Å². The molecule has 0 radical (unpaired) electrons. The summed E-state index contributed by atoms with van der Waals surface area (Å²) in [6, 6.07) is 3.47. The van der Waals surface area contributed by atoms with Crippen LogP contribution < -0.4 is 4.90 Å². The molecule has 2 unspecified atom stereocenters. The quantitative estimate of drug-likeness (QED) is 0.748. The molecule has 2 heterocycles. The number of urea groups is 1. The molecule has 0 aromatic heterocycles. The Hall–Kier alpha value is -2.05. The molecule has 1 aromatic carbocycles. The molecule has 1 aromatic rings. The summed E-state index contributed by atoms with van der Waals surface area (Å²) in [5.74, 6) is -0.242. The van der Waals surface area contributed by atoms with Gasteiger partial charge in [0.05, 0.1) is 11.3 Å². The summed E-state index contributed by atoms with van der Waals surface area (Å²) >= 11 is 0. The Morgan fingerprint density at radius 3 is 2.59 bits per heavy atom. The molecule has 22 heavy (non-hydrogen) atoms. The number of halogens is 3. The lowest BCUT2D eigenvalue weighted by Crippen LogP contribution is -2.40. The number of hydrogen-bond acceptors (Lipinski definition) is 2. The van der Waals surface area contributed by atoms with Crippen molar-refractivity contribution < 1.29 is 22.8 Å². The highest BCUT2D eigenvalue weighted by Crippen LogP contribution is 2.47. The Kier molecular flexibility index (Phi) is 2.62. The van der Waals surface area contributed by atoms with Gasteiger partial charge in [-0.1, -0.05) is 6.07 Å². The van der Waals surface area contributed by atoms with Crippen molar-refractivity contribution in [1.82, 2.24) is 4.90 Å². The van der Waals surface area contributed by atoms with Gasteiger partial charge in [0.15, 0.2) is 0 Å². The maximum absolute atomic E-state index is 12.8. The van der Waals surface area contributed by atoms with Gasteiger partial charge in [-0.2, -0.15) is 13.2 Å². The molecule has 4 rings (SSSR count). The maximum Gasteiger partial charge on any atom is 0.416 e. The van der Waals surface area contributed by atoms with E-state index in [2.05, 4.69) is 0 Å². The lowest BCUT2D eigenvalue weighted by molar-refractivity contribution is -0.137. The van der Waals surface area contributed by atoms with Gasteiger partial charge in [0.25, 0.3) is 5.91 Å². The number of piperidine rings is 1. The fourth-order valence-corrected chi connectivity index (χ4v) is 3.98. The smallest absolute Gasteiger partial charge is 0.309 e. The predicted octanol–water partition coefficient (Wildman–Crippen LogP) is 3.02. The van der Waals surface area contributed by atoms with Gasteiger partial charge in [-0.15, -0.1) is 0 Å². The van der Waals surface area contributed by atoms with Crippen LogP contribution in [0, 0.1) is 5.92 Å². The van der Waals surface area contributed by atoms with E-state index in [0.717, 1.165) is 36.3 Å². The number of carbonyl (C=O) groups is 2. The lowest BCUT2D eigenvalue weighted by atomic mass is 9.99. The van der Waals surface area contributed by atoms with E-state index in [0.29, 0.717) is 0 Å². The number of imide groups is 1. The van der Waals surface area contributed by atoms with Crippen LogP contribution in [-0.4, -0.2) is 28.9 Å². The second-order valence-electron chi connectivity index (χ2n) is 6.08. The molecule has 4 nitrogen and oxygen atoms in total. The third kappa shape index (κ3) is 1.71. The largest absolute Gasteiger partial charge is 0.416 e. The van der Waals surface area contributed by atoms with Crippen molar-refractivity contribution in [3.8, 4) is 0 Å². The van der Waals surface area contributed by atoms with E-state index in [4.69, 9.17) is 0 Å². The van der Waals surface area contributed by atoms with Crippen LogP contribution in [0.4, 0.5) is 23.7 Å². The molecule has 3 amide bonds.